The van der Waals surface area contributed by atoms with Crippen LogP contribution in [0.4, 0.5) is 11.4 Å². The summed E-state index contributed by atoms with van der Waals surface area (Å²) in [7, 11) is 3.06. The second kappa shape index (κ2) is 6.17. The smallest absolute Gasteiger partial charge is 0.310 e. The summed E-state index contributed by atoms with van der Waals surface area (Å²) in [5.41, 5.74) is 1.37. The number of carbonyl (C=O) groups excluding carboxylic acids is 1. The van der Waals surface area contributed by atoms with Crippen molar-refractivity contribution >= 4 is 17.3 Å². The third kappa shape index (κ3) is 3.43. The number of aryl methyl sites for hydroxylation is 1. The maximum Gasteiger partial charge on any atom is 0.310 e. The van der Waals surface area contributed by atoms with Crippen molar-refractivity contribution in [3.63, 3.8) is 0 Å². The Labute approximate surface area is 112 Å². The third-order valence-electron chi connectivity index (χ3n) is 2.95. The van der Waals surface area contributed by atoms with Gasteiger partial charge >= 0.3 is 5.97 Å². The molecule has 1 aromatic rings. The molecular weight excluding hydrogens is 248 g/mol. The summed E-state index contributed by atoms with van der Waals surface area (Å²) in [5.74, 6) is -0.683. The van der Waals surface area contributed by atoms with Gasteiger partial charge in [-0.25, -0.2) is 0 Å². The number of nitro groups is 1. The second-order valence-electron chi connectivity index (χ2n) is 4.50. The molecule has 0 fully saturated rings. The van der Waals surface area contributed by atoms with Crippen molar-refractivity contribution in [1.29, 1.82) is 0 Å². The number of carbonyl (C=O) groups is 1. The van der Waals surface area contributed by atoms with Gasteiger partial charge in [0.25, 0.3) is 5.69 Å². The minimum atomic E-state index is -0.415. The van der Waals surface area contributed by atoms with Crippen LogP contribution in [0.2, 0.25) is 0 Å². The lowest BCUT2D eigenvalue weighted by atomic mass is 10.1. The highest BCUT2D eigenvalue weighted by Gasteiger charge is 2.22. The first-order valence-corrected chi connectivity index (χ1v) is 5.91. The highest BCUT2D eigenvalue weighted by Crippen LogP contribution is 2.31. The van der Waals surface area contributed by atoms with Crippen LogP contribution in [0.25, 0.3) is 0 Å². The Kier molecular flexibility index (Phi) is 4.86. The van der Waals surface area contributed by atoms with Crippen molar-refractivity contribution in [1.82, 2.24) is 0 Å². The van der Waals surface area contributed by atoms with Crippen LogP contribution in [-0.4, -0.2) is 31.6 Å². The van der Waals surface area contributed by atoms with E-state index in [1.54, 1.807) is 24.9 Å². The van der Waals surface area contributed by atoms with Crippen molar-refractivity contribution in [2.24, 2.45) is 5.92 Å². The number of methoxy groups -OCH3 is 1. The third-order valence-corrected chi connectivity index (χ3v) is 2.95. The summed E-state index contributed by atoms with van der Waals surface area (Å²) in [6, 6.07) is 4.91. The molecule has 0 amide bonds. The van der Waals surface area contributed by atoms with Crippen LogP contribution in [0.3, 0.4) is 0 Å². The molecule has 6 nitrogen and oxygen atoms in total. The second-order valence-corrected chi connectivity index (χ2v) is 4.50. The standard InChI is InChI=1S/C13H18N2O4/c1-9-6-5-7-11(15(17)18)12(9)14(3)8-10(2)13(16)19-4/h5-7,10H,8H2,1-4H3. The normalized spacial score (nSPS) is 11.8. The molecule has 0 heterocycles. The molecular formula is C13H18N2O4. The molecule has 0 aliphatic carbocycles. The molecule has 0 radical (unpaired) electrons. The van der Waals surface area contributed by atoms with E-state index >= 15 is 0 Å². The topological polar surface area (TPSA) is 72.7 Å². The fourth-order valence-corrected chi connectivity index (χ4v) is 2.07. The molecule has 0 saturated carbocycles. The van der Waals surface area contributed by atoms with E-state index in [1.807, 2.05) is 13.0 Å². The summed E-state index contributed by atoms with van der Waals surface area (Å²) < 4.78 is 4.66. The Balaban J connectivity index is 3.02. The van der Waals surface area contributed by atoms with E-state index in [2.05, 4.69) is 4.74 Å². The molecule has 0 aliphatic rings. The predicted octanol–water partition coefficient (Wildman–Crippen LogP) is 2.15. The van der Waals surface area contributed by atoms with Gasteiger partial charge in [-0.15, -0.1) is 0 Å². The number of benzene rings is 1. The number of ether oxygens (including phenoxy) is 1. The Morgan fingerprint density at radius 1 is 1.53 bits per heavy atom. The van der Waals surface area contributed by atoms with Crippen molar-refractivity contribution in [2.75, 3.05) is 25.6 Å². The van der Waals surface area contributed by atoms with Crippen LogP contribution in [-0.2, 0) is 9.53 Å². The maximum absolute atomic E-state index is 11.4. The average molecular weight is 266 g/mol. The van der Waals surface area contributed by atoms with Gasteiger partial charge in [-0.3, -0.25) is 14.9 Å². The molecule has 1 rings (SSSR count). The number of hydrogen-bond acceptors (Lipinski definition) is 5. The summed E-state index contributed by atoms with van der Waals surface area (Å²) in [6.07, 6.45) is 0. The monoisotopic (exact) mass is 266 g/mol. The molecule has 0 aliphatic heterocycles. The molecule has 0 saturated heterocycles. The quantitative estimate of drug-likeness (QED) is 0.464. The van der Waals surface area contributed by atoms with E-state index in [0.717, 1.165) is 5.56 Å². The van der Waals surface area contributed by atoms with Crippen molar-refractivity contribution in [3.8, 4) is 0 Å². The number of nitro benzene ring substituents is 1. The molecule has 0 N–H and O–H groups in total. The van der Waals surface area contributed by atoms with E-state index in [1.165, 1.54) is 13.2 Å². The maximum atomic E-state index is 11.4. The van der Waals surface area contributed by atoms with Crippen LogP contribution >= 0.6 is 0 Å². The van der Waals surface area contributed by atoms with Gasteiger partial charge in [0.1, 0.15) is 5.69 Å². The van der Waals surface area contributed by atoms with Gasteiger partial charge < -0.3 is 9.64 Å². The molecule has 19 heavy (non-hydrogen) atoms. The lowest BCUT2D eigenvalue weighted by Crippen LogP contribution is -2.30. The van der Waals surface area contributed by atoms with E-state index in [0.29, 0.717) is 12.2 Å². The van der Waals surface area contributed by atoms with Crippen molar-refractivity contribution < 1.29 is 14.5 Å². The average Bonchev–Trinajstić information content (AvgIpc) is 2.36. The first kappa shape index (κ1) is 14.9. The van der Waals surface area contributed by atoms with E-state index in [-0.39, 0.29) is 17.6 Å². The van der Waals surface area contributed by atoms with Gasteiger partial charge in [0.2, 0.25) is 0 Å². The Morgan fingerprint density at radius 2 is 2.16 bits per heavy atom. The van der Waals surface area contributed by atoms with Crippen molar-refractivity contribution in [3.05, 3.63) is 33.9 Å². The van der Waals surface area contributed by atoms with Gasteiger partial charge in [-0.1, -0.05) is 19.1 Å². The van der Waals surface area contributed by atoms with Crippen LogP contribution < -0.4 is 4.90 Å². The number of hydrogen-bond donors (Lipinski definition) is 0. The van der Waals surface area contributed by atoms with Crippen molar-refractivity contribution in [2.45, 2.75) is 13.8 Å². The molecule has 0 spiro atoms. The van der Waals surface area contributed by atoms with E-state index in [9.17, 15) is 14.9 Å². The summed E-state index contributed by atoms with van der Waals surface area (Å²) in [6.45, 7) is 3.90. The van der Waals surface area contributed by atoms with E-state index in [4.69, 9.17) is 0 Å². The predicted molar refractivity (Wildman–Crippen MR) is 72.3 cm³/mol. The fraction of sp³-hybridized carbons (Fsp3) is 0.462. The number of nitrogens with zero attached hydrogens (tertiary/aromatic N) is 2. The van der Waals surface area contributed by atoms with Gasteiger partial charge in [-0.05, 0) is 12.5 Å². The minimum absolute atomic E-state index is 0.0413. The Bertz CT molecular complexity index is 488. The zero-order valence-corrected chi connectivity index (χ0v) is 11.5. The van der Waals surface area contributed by atoms with Crippen LogP contribution in [0.1, 0.15) is 12.5 Å². The molecule has 1 aromatic carbocycles. The zero-order chi connectivity index (χ0) is 14.6. The largest absolute Gasteiger partial charge is 0.469 e. The Hall–Kier alpha value is -2.11. The van der Waals surface area contributed by atoms with Gasteiger partial charge in [0, 0.05) is 19.7 Å². The van der Waals surface area contributed by atoms with E-state index < -0.39 is 4.92 Å². The Morgan fingerprint density at radius 3 is 2.68 bits per heavy atom. The number of para-hydroxylation sites is 1. The van der Waals surface area contributed by atoms with Gasteiger partial charge in [0.15, 0.2) is 0 Å². The molecule has 104 valence electrons. The summed E-state index contributed by atoms with van der Waals surface area (Å²) in [4.78, 5) is 23.7. The number of anilines is 1. The van der Waals surface area contributed by atoms with Crippen LogP contribution in [0.15, 0.2) is 18.2 Å². The first-order chi connectivity index (χ1) is 8.88. The summed E-state index contributed by atoms with van der Waals surface area (Å²) in [5, 5.41) is 11.0. The zero-order valence-electron chi connectivity index (χ0n) is 11.5. The molecule has 0 bridgehead atoms. The first-order valence-electron chi connectivity index (χ1n) is 5.91. The summed E-state index contributed by atoms with van der Waals surface area (Å²) >= 11 is 0. The van der Waals surface area contributed by atoms with Crippen LogP contribution in [0.5, 0.6) is 0 Å². The van der Waals surface area contributed by atoms with Gasteiger partial charge in [-0.2, -0.15) is 0 Å². The lowest BCUT2D eigenvalue weighted by molar-refractivity contribution is -0.384. The molecule has 1 atom stereocenters. The molecule has 6 heteroatoms. The fourth-order valence-electron chi connectivity index (χ4n) is 2.07. The SMILES string of the molecule is COC(=O)C(C)CN(C)c1c(C)cccc1[N+](=O)[O-]. The number of rotatable bonds is 5. The minimum Gasteiger partial charge on any atom is -0.469 e. The highest BCUT2D eigenvalue weighted by atomic mass is 16.6. The number of esters is 1. The van der Waals surface area contributed by atoms with Crippen LogP contribution in [0, 0.1) is 23.0 Å². The molecule has 0 aromatic heterocycles. The van der Waals surface area contributed by atoms with Gasteiger partial charge in [0.05, 0.1) is 18.0 Å². The lowest BCUT2D eigenvalue weighted by Gasteiger charge is -2.23. The molecule has 1 unspecified atom stereocenters. The highest BCUT2D eigenvalue weighted by molar-refractivity contribution is 5.74.